The normalized spacial score (nSPS) is 19.4. The number of carboxylic acids is 1. The van der Waals surface area contributed by atoms with E-state index in [1.54, 1.807) is 6.07 Å². The molecule has 1 aliphatic rings. The van der Waals surface area contributed by atoms with Crippen LogP contribution in [0.2, 0.25) is 0 Å². The molecule has 0 bridgehead atoms. The molecule has 1 aliphatic heterocycles. The number of hydrogen-bond acceptors (Lipinski definition) is 3. The number of carboxylic acid groups (broad SMARTS) is 1. The van der Waals surface area contributed by atoms with Gasteiger partial charge >= 0.3 is 5.97 Å². The van der Waals surface area contributed by atoms with Crippen LogP contribution in [0.15, 0.2) is 18.2 Å². The summed E-state index contributed by atoms with van der Waals surface area (Å²) >= 11 is 0. The zero-order valence-electron chi connectivity index (χ0n) is 11.9. The number of carbonyl (C=O) groups is 1. The monoisotopic (exact) mass is 291 g/mol. The van der Waals surface area contributed by atoms with Crippen LogP contribution in [0.3, 0.4) is 0 Å². The molecule has 2 heterocycles. The minimum Gasteiger partial charge on any atom is -0.481 e. The Kier molecular flexibility index (Phi) is 3.63. The molecule has 1 saturated heterocycles. The maximum Gasteiger partial charge on any atom is 0.307 e. The highest BCUT2D eigenvalue weighted by atomic mass is 19.1. The van der Waals surface area contributed by atoms with Gasteiger partial charge < -0.3 is 9.67 Å². The van der Waals surface area contributed by atoms with Crippen molar-refractivity contribution in [2.75, 3.05) is 13.1 Å². The lowest BCUT2D eigenvalue weighted by Gasteiger charge is -2.15. The van der Waals surface area contributed by atoms with Crippen molar-refractivity contribution in [3.8, 4) is 0 Å². The first kappa shape index (κ1) is 14.0. The Bertz CT molecular complexity index is 683. The first-order valence-corrected chi connectivity index (χ1v) is 7.19. The molecular weight excluding hydrogens is 273 g/mol. The van der Waals surface area contributed by atoms with Gasteiger partial charge in [0.2, 0.25) is 0 Å². The zero-order valence-corrected chi connectivity index (χ0v) is 11.9. The average molecular weight is 291 g/mol. The van der Waals surface area contributed by atoms with Crippen LogP contribution in [0.25, 0.3) is 11.0 Å². The zero-order chi connectivity index (χ0) is 15.0. The standard InChI is InChI=1S/C15H18FN3O2/c1-2-19-12-5-3-4-11(16)14(12)17-13(19)9-18-7-6-10(8-18)15(20)21/h3-5,10H,2,6-9H2,1H3,(H,20,21). The van der Waals surface area contributed by atoms with Crippen molar-refractivity contribution in [1.29, 1.82) is 0 Å². The Morgan fingerprint density at radius 2 is 2.33 bits per heavy atom. The highest BCUT2D eigenvalue weighted by Gasteiger charge is 2.28. The van der Waals surface area contributed by atoms with Gasteiger partial charge in [0.15, 0.2) is 5.82 Å². The summed E-state index contributed by atoms with van der Waals surface area (Å²) in [4.78, 5) is 17.5. The molecule has 112 valence electrons. The molecule has 21 heavy (non-hydrogen) atoms. The van der Waals surface area contributed by atoms with Gasteiger partial charge in [-0.05, 0) is 32.0 Å². The second-order valence-corrected chi connectivity index (χ2v) is 5.44. The summed E-state index contributed by atoms with van der Waals surface area (Å²) in [5, 5.41) is 9.05. The molecule has 0 spiro atoms. The molecule has 1 aromatic heterocycles. The van der Waals surface area contributed by atoms with Crippen LogP contribution < -0.4 is 0 Å². The number of benzene rings is 1. The van der Waals surface area contributed by atoms with E-state index in [1.165, 1.54) is 6.07 Å². The van der Waals surface area contributed by atoms with Crippen LogP contribution in [-0.2, 0) is 17.9 Å². The maximum absolute atomic E-state index is 13.8. The van der Waals surface area contributed by atoms with Gasteiger partial charge in [0.05, 0.1) is 18.0 Å². The number of likely N-dealkylation sites (tertiary alicyclic amines) is 1. The minimum atomic E-state index is -0.743. The van der Waals surface area contributed by atoms with Crippen molar-refractivity contribution in [1.82, 2.24) is 14.5 Å². The third-order valence-electron chi connectivity index (χ3n) is 4.11. The molecule has 1 atom stereocenters. The molecule has 2 aromatic rings. The summed E-state index contributed by atoms with van der Waals surface area (Å²) in [7, 11) is 0. The van der Waals surface area contributed by atoms with E-state index in [4.69, 9.17) is 5.11 Å². The smallest absolute Gasteiger partial charge is 0.307 e. The molecule has 6 heteroatoms. The highest BCUT2D eigenvalue weighted by molar-refractivity contribution is 5.76. The fraction of sp³-hybridized carbons (Fsp3) is 0.467. The van der Waals surface area contributed by atoms with Crippen LogP contribution in [-0.4, -0.2) is 38.6 Å². The lowest BCUT2D eigenvalue weighted by atomic mass is 10.1. The predicted molar refractivity (Wildman–Crippen MR) is 76.4 cm³/mol. The number of aromatic nitrogens is 2. The van der Waals surface area contributed by atoms with E-state index in [0.717, 1.165) is 17.9 Å². The molecule has 3 rings (SSSR count). The molecule has 1 unspecified atom stereocenters. The summed E-state index contributed by atoms with van der Waals surface area (Å²) < 4.78 is 15.8. The molecule has 5 nitrogen and oxygen atoms in total. The van der Waals surface area contributed by atoms with Crippen molar-refractivity contribution in [2.24, 2.45) is 5.92 Å². The Morgan fingerprint density at radius 1 is 1.52 bits per heavy atom. The van der Waals surface area contributed by atoms with E-state index in [2.05, 4.69) is 9.88 Å². The van der Waals surface area contributed by atoms with Crippen molar-refractivity contribution in [3.05, 3.63) is 29.8 Å². The minimum absolute atomic E-state index is 0.304. The van der Waals surface area contributed by atoms with E-state index in [1.807, 2.05) is 17.6 Å². The van der Waals surface area contributed by atoms with E-state index in [0.29, 0.717) is 31.6 Å². The number of rotatable bonds is 4. The molecular formula is C15H18FN3O2. The quantitative estimate of drug-likeness (QED) is 0.937. The predicted octanol–water partition coefficient (Wildman–Crippen LogP) is 2.10. The topological polar surface area (TPSA) is 58.4 Å². The Hall–Kier alpha value is -1.95. The number of aryl methyl sites for hydroxylation is 1. The van der Waals surface area contributed by atoms with Crippen molar-refractivity contribution < 1.29 is 14.3 Å². The SMILES string of the molecule is CCn1c(CN2CCC(C(=O)O)C2)nc2c(F)cccc21. The maximum atomic E-state index is 13.8. The lowest BCUT2D eigenvalue weighted by molar-refractivity contribution is -0.141. The van der Waals surface area contributed by atoms with Gasteiger partial charge in [-0.2, -0.15) is 0 Å². The summed E-state index contributed by atoms with van der Waals surface area (Å²) in [6.45, 7) is 4.55. The van der Waals surface area contributed by atoms with Crippen molar-refractivity contribution in [3.63, 3.8) is 0 Å². The summed E-state index contributed by atoms with van der Waals surface area (Å²) in [6, 6.07) is 4.96. The van der Waals surface area contributed by atoms with Gasteiger partial charge in [-0.3, -0.25) is 9.69 Å². The Morgan fingerprint density at radius 3 is 3.00 bits per heavy atom. The van der Waals surface area contributed by atoms with Gasteiger partial charge in [0.25, 0.3) is 0 Å². The number of fused-ring (bicyclic) bond motifs is 1. The highest BCUT2D eigenvalue weighted by Crippen LogP contribution is 2.23. The lowest BCUT2D eigenvalue weighted by Crippen LogP contribution is -2.24. The van der Waals surface area contributed by atoms with E-state index in [9.17, 15) is 9.18 Å². The molecule has 0 radical (unpaired) electrons. The first-order valence-electron chi connectivity index (χ1n) is 7.19. The van der Waals surface area contributed by atoms with Crippen LogP contribution in [0.5, 0.6) is 0 Å². The van der Waals surface area contributed by atoms with Gasteiger partial charge in [0, 0.05) is 13.1 Å². The molecule has 1 N–H and O–H groups in total. The molecule has 1 fully saturated rings. The summed E-state index contributed by atoms with van der Waals surface area (Å²) in [5.74, 6) is -0.567. The fourth-order valence-corrected chi connectivity index (χ4v) is 3.01. The number of imidazole rings is 1. The van der Waals surface area contributed by atoms with Crippen molar-refractivity contribution >= 4 is 17.0 Å². The fourth-order valence-electron chi connectivity index (χ4n) is 3.01. The first-order chi connectivity index (χ1) is 10.1. The third-order valence-corrected chi connectivity index (χ3v) is 4.11. The van der Waals surface area contributed by atoms with E-state index < -0.39 is 5.97 Å². The Balaban J connectivity index is 1.87. The third kappa shape index (κ3) is 2.51. The van der Waals surface area contributed by atoms with Gasteiger partial charge in [-0.1, -0.05) is 6.07 Å². The number of halogens is 1. The van der Waals surface area contributed by atoms with Gasteiger partial charge in [-0.25, -0.2) is 9.37 Å². The van der Waals surface area contributed by atoms with Gasteiger partial charge in [0.1, 0.15) is 11.3 Å². The number of aliphatic carboxylic acids is 1. The average Bonchev–Trinajstić information content (AvgIpc) is 3.04. The Labute approximate surface area is 122 Å². The van der Waals surface area contributed by atoms with E-state index >= 15 is 0 Å². The summed E-state index contributed by atoms with van der Waals surface area (Å²) in [5.41, 5.74) is 1.19. The van der Waals surface area contributed by atoms with Crippen LogP contribution in [0.4, 0.5) is 4.39 Å². The van der Waals surface area contributed by atoms with E-state index in [-0.39, 0.29) is 11.7 Å². The molecule has 0 saturated carbocycles. The van der Waals surface area contributed by atoms with Gasteiger partial charge in [-0.15, -0.1) is 0 Å². The number of nitrogens with zero attached hydrogens (tertiary/aromatic N) is 3. The summed E-state index contributed by atoms with van der Waals surface area (Å²) in [6.07, 6.45) is 0.663. The molecule has 1 aromatic carbocycles. The largest absolute Gasteiger partial charge is 0.481 e. The van der Waals surface area contributed by atoms with Crippen molar-refractivity contribution in [2.45, 2.75) is 26.4 Å². The van der Waals surface area contributed by atoms with Crippen LogP contribution >= 0.6 is 0 Å². The van der Waals surface area contributed by atoms with Crippen LogP contribution in [0.1, 0.15) is 19.2 Å². The number of para-hydroxylation sites is 1. The molecule has 0 aliphatic carbocycles. The second kappa shape index (κ2) is 5.44. The molecule has 0 amide bonds. The number of hydrogen-bond donors (Lipinski definition) is 1. The van der Waals surface area contributed by atoms with Crippen LogP contribution in [0, 0.1) is 11.7 Å². The second-order valence-electron chi connectivity index (χ2n) is 5.44.